The van der Waals surface area contributed by atoms with E-state index in [1.165, 1.54) is 0 Å². The van der Waals surface area contributed by atoms with Crippen molar-refractivity contribution >= 4 is 11.8 Å². The zero-order valence-corrected chi connectivity index (χ0v) is 18.2. The number of piperazine rings is 1. The molecular formula is C25H31N3O3. The average Bonchev–Trinajstić information content (AvgIpc) is 2.83. The van der Waals surface area contributed by atoms with E-state index in [4.69, 9.17) is 4.74 Å². The first-order valence-corrected chi connectivity index (χ1v) is 11.1. The van der Waals surface area contributed by atoms with Gasteiger partial charge in [-0.15, -0.1) is 0 Å². The summed E-state index contributed by atoms with van der Waals surface area (Å²) in [7, 11) is 2.09. The molecule has 2 aliphatic rings. The number of likely N-dealkylation sites (tertiary alicyclic amines) is 1. The van der Waals surface area contributed by atoms with E-state index >= 15 is 0 Å². The number of para-hydroxylation sites is 1. The maximum absolute atomic E-state index is 12.9. The van der Waals surface area contributed by atoms with E-state index in [2.05, 4.69) is 11.9 Å². The lowest BCUT2D eigenvalue weighted by Gasteiger charge is -2.37. The Morgan fingerprint density at radius 3 is 2.13 bits per heavy atom. The van der Waals surface area contributed by atoms with Crippen molar-refractivity contribution < 1.29 is 14.3 Å². The van der Waals surface area contributed by atoms with Gasteiger partial charge in [0.25, 0.3) is 5.91 Å². The molecule has 6 nitrogen and oxygen atoms in total. The van der Waals surface area contributed by atoms with Gasteiger partial charge in [0.2, 0.25) is 5.91 Å². The number of likely N-dealkylation sites (N-methyl/N-ethyl adjacent to an activating group) is 1. The number of rotatable bonds is 5. The molecule has 2 heterocycles. The fourth-order valence-electron chi connectivity index (χ4n) is 4.22. The molecule has 0 unspecified atom stereocenters. The molecule has 2 fully saturated rings. The second-order valence-corrected chi connectivity index (χ2v) is 8.49. The van der Waals surface area contributed by atoms with Crippen LogP contribution in [-0.2, 0) is 11.4 Å². The third-order valence-corrected chi connectivity index (χ3v) is 6.30. The Hall–Kier alpha value is -2.86. The van der Waals surface area contributed by atoms with Crippen LogP contribution in [0.3, 0.4) is 0 Å². The van der Waals surface area contributed by atoms with Crippen molar-refractivity contribution in [2.45, 2.75) is 19.4 Å². The summed E-state index contributed by atoms with van der Waals surface area (Å²) in [5.74, 6) is 1.19. The molecule has 6 heteroatoms. The molecule has 0 saturated carbocycles. The molecule has 0 aromatic heterocycles. The first-order valence-electron chi connectivity index (χ1n) is 11.1. The van der Waals surface area contributed by atoms with Crippen LogP contribution in [0.4, 0.5) is 0 Å². The van der Waals surface area contributed by atoms with Crippen LogP contribution in [0.1, 0.15) is 28.8 Å². The first kappa shape index (κ1) is 21.4. The summed E-state index contributed by atoms with van der Waals surface area (Å²) in [6, 6.07) is 17.3. The van der Waals surface area contributed by atoms with Crippen LogP contribution in [0.15, 0.2) is 54.6 Å². The first-order chi connectivity index (χ1) is 15.1. The third-order valence-electron chi connectivity index (χ3n) is 6.30. The summed E-state index contributed by atoms with van der Waals surface area (Å²) in [6.07, 6.45) is 1.50. The quantitative estimate of drug-likeness (QED) is 0.745. The van der Waals surface area contributed by atoms with Crippen molar-refractivity contribution in [3.63, 3.8) is 0 Å². The van der Waals surface area contributed by atoms with E-state index in [1.54, 1.807) is 0 Å². The molecule has 2 aliphatic heterocycles. The lowest BCUT2D eigenvalue weighted by atomic mass is 9.94. The van der Waals surface area contributed by atoms with Crippen molar-refractivity contribution in [3.8, 4) is 5.75 Å². The van der Waals surface area contributed by atoms with Gasteiger partial charge < -0.3 is 19.4 Å². The molecule has 2 amide bonds. The Labute approximate surface area is 184 Å². The number of carbonyl (C=O) groups excluding carboxylic acids is 2. The summed E-state index contributed by atoms with van der Waals surface area (Å²) in [4.78, 5) is 31.8. The minimum Gasteiger partial charge on any atom is -0.489 e. The van der Waals surface area contributed by atoms with Gasteiger partial charge in [0, 0.05) is 50.7 Å². The number of piperidine rings is 1. The molecule has 0 aliphatic carbocycles. The molecule has 2 aromatic rings. The largest absolute Gasteiger partial charge is 0.489 e. The number of ether oxygens (including phenoxy) is 1. The smallest absolute Gasteiger partial charge is 0.253 e. The van der Waals surface area contributed by atoms with Crippen LogP contribution in [0.25, 0.3) is 0 Å². The normalized spacial score (nSPS) is 18.1. The van der Waals surface area contributed by atoms with Gasteiger partial charge in [-0.2, -0.15) is 0 Å². The zero-order chi connectivity index (χ0) is 21.6. The Morgan fingerprint density at radius 1 is 0.839 bits per heavy atom. The standard InChI is InChI=1S/C25H31N3O3/c1-26-15-17-28(18-16-26)25(30)22-11-13-27(14-12-22)24(29)21-9-7-20(8-10-21)19-31-23-5-3-2-4-6-23/h2-10,22H,11-19H2,1H3. The van der Waals surface area contributed by atoms with Gasteiger partial charge in [0.05, 0.1) is 0 Å². The fraction of sp³-hybridized carbons (Fsp3) is 0.440. The fourth-order valence-corrected chi connectivity index (χ4v) is 4.22. The van der Waals surface area contributed by atoms with E-state index < -0.39 is 0 Å². The van der Waals surface area contributed by atoms with Gasteiger partial charge in [-0.3, -0.25) is 9.59 Å². The minimum absolute atomic E-state index is 0.0426. The molecule has 2 aromatic carbocycles. The Kier molecular flexibility index (Phi) is 6.87. The van der Waals surface area contributed by atoms with Gasteiger partial charge in [0.15, 0.2) is 0 Å². The van der Waals surface area contributed by atoms with Crippen LogP contribution in [-0.4, -0.2) is 72.8 Å². The molecule has 0 radical (unpaired) electrons. The van der Waals surface area contributed by atoms with E-state index in [1.807, 2.05) is 64.4 Å². The van der Waals surface area contributed by atoms with Gasteiger partial charge in [-0.1, -0.05) is 30.3 Å². The van der Waals surface area contributed by atoms with E-state index in [0.29, 0.717) is 25.3 Å². The lowest BCUT2D eigenvalue weighted by molar-refractivity contribution is -0.138. The number of carbonyl (C=O) groups is 2. The number of hydrogen-bond acceptors (Lipinski definition) is 4. The Balaban J connectivity index is 1.26. The highest BCUT2D eigenvalue weighted by Crippen LogP contribution is 2.22. The third kappa shape index (κ3) is 5.44. The predicted molar refractivity (Wildman–Crippen MR) is 120 cm³/mol. The number of amides is 2. The van der Waals surface area contributed by atoms with E-state index in [9.17, 15) is 9.59 Å². The highest BCUT2D eigenvalue weighted by Gasteiger charge is 2.31. The van der Waals surface area contributed by atoms with E-state index in [0.717, 1.165) is 50.3 Å². The molecule has 0 bridgehead atoms. The molecule has 2 saturated heterocycles. The summed E-state index contributed by atoms with van der Waals surface area (Å²) in [6.45, 7) is 5.26. The van der Waals surface area contributed by atoms with Crippen LogP contribution < -0.4 is 4.74 Å². The molecule has 0 atom stereocenters. The molecule has 31 heavy (non-hydrogen) atoms. The van der Waals surface area contributed by atoms with Crippen molar-refractivity contribution in [1.82, 2.24) is 14.7 Å². The number of hydrogen-bond donors (Lipinski definition) is 0. The van der Waals surface area contributed by atoms with E-state index in [-0.39, 0.29) is 17.7 Å². The Bertz CT molecular complexity index is 869. The molecule has 0 N–H and O–H groups in total. The van der Waals surface area contributed by atoms with Crippen molar-refractivity contribution in [2.24, 2.45) is 5.92 Å². The van der Waals surface area contributed by atoms with Crippen molar-refractivity contribution in [1.29, 1.82) is 0 Å². The predicted octanol–water partition coefficient (Wildman–Crippen LogP) is 2.89. The second-order valence-electron chi connectivity index (χ2n) is 8.49. The van der Waals surface area contributed by atoms with Gasteiger partial charge >= 0.3 is 0 Å². The number of nitrogens with zero attached hydrogens (tertiary/aromatic N) is 3. The summed E-state index contributed by atoms with van der Waals surface area (Å²) in [5, 5.41) is 0. The maximum Gasteiger partial charge on any atom is 0.253 e. The Morgan fingerprint density at radius 2 is 1.48 bits per heavy atom. The summed E-state index contributed by atoms with van der Waals surface area (Å²) in [5.41, 5.74) is 1.71. The molecular weight excluding hydrogens is 390 g/mol. The van der Waals surface area contributed by atoms with Crippen LogP contribution in [0, 0.1) is 5.92 Å². The van der Waals surface area contributed by atoms with Crippen LogP contribution in [0.5, 0.6) is 5.75 Å². The van der Waals surface area contributed by atoms with Crippen molar-refractivity contribution in [3.05, 3.63) is 65.7 Å². The second kappa shape index (κ2) is 9.96. The van der Waals surface area contributed by atoms with Gasteiger partial charge in [-0.05, 0) is 49.7 Å². The monoisotopic (exact) mass is 421 g/mol. The molecule has 4 rings (SSSR count). The number of benzene rings is 2. The highest BCUT2D eigenvalue weighted by molar-refractivity contribution is 5.94. The van der Waals surface area contributed by atoms with Gasteiger partial charge in [0.1, 0.15) is 12.4 Å². The highest BCUT2D eigenvalue weighted by atomic mass is 16.5. The summed E-state index contributed by atoms with van der Waals surface area (Å²) < 4.78 is 5.76. The van der Waals surface area contributed by atoms with Crippen LogP contribution >= 0.6 is 0 Å². The summed E-state index contributed by atoms with van der Waals surface area (Å²) >= 11 is 0. The minimum atomic E-state index is 0.0426. The topological polar surface area (TPSA) is 53.1 Å². The van der Waals surface area contributed by atoms with Gasteiger partial charge in [-0.25, -0.2) is 0 Å². The average molecular weight is 422 g/mol. The molecule has 164 valence electrons. The lowest BCUT2D eigenvalue weighted by Crippen LogP contribution is -2.51. The van der Waals surface area contributed by atoms with Crippen LogP contribution in [0.2, 0.25) is 0 Å². The van der Waals surface area contributed by atoms with Crippen molar-refractivity contribution in [2.75, 3.05) is 46.3 Å². The zero-order valence-electron chi connectivity index (χ0n) is 18.2. The SMILES string of the molecule is CN1CCN(C(=O)C2CCN(C(=O)c3ccc(COc4ccccc4)cc3)CC2)CC1. The molecule has 0 spiro atoms. The maximum atomic E-state index is 12.9.